The monoisotopic (exact) mass is 663 g/mol. The van der Waals surface area contributed by atoms with Gasteiger partial charge in [-0.15, -0.1) is 0 Å². The van der Waals surface area contributed by atoms with Gasteiger partial charge in [0.15, 0.2) is 6.29 Å². The lowest BCUT2D eigenvalue weighted by molar-refractivity contribution is -0.302. The molecule has 1 fully saturated rings. The Kier molecular flexibility index (Phi) is 26.4. The number of ether oxygens (including phenoxy) is 2. The van der Waals surface area contributed by atoms with E-state index in [0.717, 1.165) is 44.9 Å². The summed E-state index contributed by atoms with van der Waals surface area (Å²) >= 11 is 0. The molecular weight excluding hydrogens is 598 g/mol. The van der Waals surface area contributed by atoms with Crippen molar-refractivity contribution in [3.8, 4) is 0 Å². The molecule has 6 N–H and O–H groups in total. The van der Waals surface area contributed by atoms with E-state index in [9.17, 15) is 30.3 Å². The highest BCUT2D eigenvalue weighted by molar-refractivity contribution is 5.77. The zero-order valence-electron chi connectivity index (χ0n) is 29.0. The number of carbonyl (C=O) groups is 1. The van der Waals surface area contributed by atoms with Crippen molar-refractivity contribution in [2.45, 2.75) is 159 Å². The van der Waals surface area contributed by atoms with Crippen LogP contribution in [-0.2, 0) is 14.3 Å². The van der Waals surface area contributed by atoms with Gasteiger partial charge in [0.25, 0.3) is 0 Å². The molecule has 0 radical (unpaired) electrons. The topological polar surface area (TPSA) is 149 Å². The second kappa shape index (κ2) is 28.9. The first-order valence-electron chi connectivity index (χ1n) is 18.0. The SMILES string of the molecule is CC/C=C\C/C=C\C/C=C\C/C=C\C/C=C\CC(=O)NC(COC1OC(CO)C(O)C(O)C1O)C(O)CCCCCCCCCCC. The number of amides is 1. The van der Waals surface area contributed by atoms with Gasteiger partial charge in [-0.2, -0.15) is 0 Å². The molecule has 0 bridgehead atoms. The third-order valence-corrected chi connectivity index (χ3v) is 8.16. The molecule has 9 nitrogen and oxygen atoms in total. The van der Waals surface area contributed by atoms with E-state index in [1.54, 1.807) is 6.08 Å². The predicted molar refractivity (Wildman–Crippen MR) is 189 cm³/mol. The highest BCUT2D eigenvalue weighted by Gasteiger charge is 2.44. The molecule has 7 atom stereocenters. The van der Waals surface area contributed by atoms with Crippen molar-refractivity contribution >= 4 is 5.91 Å². The van der Waals surface area contributed by atoms with E-state index in [0.29, 0.717) is 12.8 Å². The number of rotatable bonds is 27. The van der Waals surface area contributed by atoms with Crippen molar-refractivity contribution in [1.29, 1.82) is 0 Å². The van der Waals surface area contributed by atoms with Crippen molar-refractivity contribution in [2.24, 2.45) is 0 Å². The van der Waals surface area contributed by atoms with E-state index >= 15 is 0 Å². The first-order chi connectivity index (χ1) is 22.8. The second-order valence-electron chi connectivity index (χ2n) is 12.3. The van der Waals surface area contributed by atoms with Crippen LogP contribution in [0, 0.1) is 0 Å². The van der Waals surface area contributed by atoms with Gasteiger partial charge in [-0.3, -0.25) is 4.79 Å². The van der Waals surface area contributed by atoms with Crippen LogP contribution in [0.5, 0.6) is 0 Å². The lowest BCUT2D eigenvalue weighted by atomic mass is 9.99. The standard InChI is InChI=1S/C38H65NO8/c1-3-5-7-9-11-13-14-15-16-17-18-20-22-24-26-28-34(42)39-31(32(41)27-25-23-21-19-12-10-8-6-4-2)30-46-38-37(45)36(44)35(43)33(29-40)47-38/h5,7,11,13,15-16,18,20,24,26,31-33,35-38,40-41,43-45H,3-4,6,8-10,12,14,17,19,21-23,25,27-30H2,1-2H3,(H,39,42)/b7-5-,13-11-,16-15-,20-18-,26-24-. The molecule has 0 aromatic rings. The highest BCUT2D eigenvalue weighted by Crippen LogP contribution is 2.22. The van der Waals surface area contributed by atoms with Crippen LogP contribution in [0.1, 0.15) is 117 Å². The molecule has 1 aliphatic rings. The maximum Gasteiger partial charge on any atom is 0.224 e. The summed E-state index contributed by atoms with van der Waals surface area (Å²) in [6.45, 7) is 3.59. The van der Waals surface area contributed by atoms with Crippen LogP contribution in [0.4, 0.5) is 0 Å². The Labute approximate surface area is 284 Å². The number of carbonyl (C=O) groups excluding carboxylic acids is 1. The summed E-state index contributed by atoms with van der Waals surface area (Å²) in [6, 6.07) is -0.772. The number of hydrogen-bond acceptors (Lipinski definition) is 8. The van der Waals surface area contributed by atoms with E-state index in [2.05, 4.69) is 67.8 Å². The largest absolute Gasteiger partial charge is 0.394 e. The van der Waals surface area contributed by atoms with Crippen LogP contribution < -0.4 is 5.32 Å². The van der Waals surface area contributed by atoms with Crippen LogP contribution >= 0.6 is 0 Å². The van der Waals surface area contributed by atoms with Gasteiger partial charge in [0.05, 0.1) is 25.4 Å². The first-order valence-corrected chi connectivity index (χ1v) is 18.0. The molecule has 270 valence electrons. The molecule has 1 heterocycles. The molecule has 0 aromatic heterocycles. The van der Waals surface area contributed by atoms with Gasteiger partial charge >= 0.3 is 0 Å². The number of hydrogen-bond donors (Lipinski definition) is 6. The fourth-order valence-corrected chi connectivity index (χ4v) is 5.22. The number of allylic oxidation sites excluding steroid dienone is 9. The summed E-state index contributed by atoms with van der Waals surface area (Å²) in [5, 5.41) is 53.8. The van der Waals surface area contributed by atoms with Gasteiger partial charge in [0, 0.05) is 6.42 Å². The Morgan fingerprint density at radius 3 is 1.77 bits per heavy atom. The summed E-state index contributed by atoms with van der Waals surface area (Å²) in [7, 11) is 0. The Hall–Kier alpha value is -2.11. The average Bonchev–Trinajstić information content (AvgIpc) is 3.07. The molecule has 0 aliphatic carbocycles. The van der Waals surface area contributed by atoms with Crippen molar-refractivity contribution in [2.75, 3.05) is 13.2 Å². The third kappa shape index (κ3) is 20.8. The van der Waals surface area contributed by atoms with Gasteiger partial charge in [-0.25, -0.2) is 0 Å². The first kappa shape index (κ1) is 42.9. The van der Waals surface area contributed by atoms with E-state index in [4.69, 9.17) is 9.47 Å². The van der Waals surface area contributed by atoms with Crippen molar-refractivity contribution in [3.05, 3.63) is 60.8 Å². The lowest BCUT2D eigenvalue weighted by Crippen LogP contribution is -2.60. The van der Waals surface area contributed by atoms with E-state index in [1.165, 1.54) is 38.5 Å². The highest BCUT2D eigenvalue weighted by atomic mass is 16.7. The van der Waals surface area contributed by atoms with E-state index in [1.807, 2.05) is 6.08 Å². The van der Waals surface area contributed by atoms with Crippen LogP contribution in [0.2, 0.25) is 0 Å². The smallest absolute Gasteiger partial charge is 0.224 e. The number of nitrogens with one attached hydrogen (secondary N) is 1. The molecule has 1 amide bonds. The van der Waals surface area contributed by atoms with Gasteiger partial charge < -0.3 is 40.3 Å². The lowest BCUT2D eigenvalue weighted by Gasteiger charge is -2.40. The predicted octanol–water partition coefficient (Wildman–Crippen LogP) is 5.71. The van der Waals surface area contributed by atoms with Crippen LogP contribution in [0.15, 0.2) is 60.8 Å². The summed E-state index contributed by atoms with van der Waals surface area (Å²) in [4.78, 5) is 12.8. The van der Waals surface area contributed by atoms with Gasteiger partial charge in [-0.05, 0) is 38.5 Å². The zero-order valence-corrected chi connectivity index (χ0v) is 29.0. The molecule has 1 rings (SSSR count). The van der Waals surface area contributed by atoms with Crippen LogP contribution in [0.25, 0.3) is 0 Å². The Bertz CT molecular complexity index is 915. The van der Waals surface area contributed by atoms with Gasteiger partial charge in [0.1, 0.15) is 24.4 Å². The molecule has 0 spiro atoms. The average molecular weight is 664 g/mol. The normalized spacial score (nSPS) is 23.6. The van der Waals surface area contributed by atoms with Crippen LogP contribution in [0.3, 0.4) is 0 Å². The second-order valence-corrected chi connectivity index (χ2v) is 12.3. The van der Waals surface area contributed by atoms with E-state index in [-0.39, 0.29) is 18.9 Å². The molecule has 0 aromatic carbocycles. The molecular formula is C38H65NO8. The maximum atomic E-state index is 12.8. The summed E-state index contributed by atoms with van der Waals surface area (Å²) in [6.07, 6.45) is 28.3. The fourth-order valence-electron chi connectivity index (χ4n) is 5.22. The summed E-state index contributed by atoms with van der Waals surface area (Å²) in [5.74, 6) is -0.278. The number of aliphatic hydroxyl groups excluding tert-OH is 5. The van der Waals surface area contributed by atoms with Gasteiger partial charge in [0.2, 0.25) is 5.91 Å². The minimum Gasteiger partial charge on any atom is -0.394 e. The van der Waals surface area contributed by atoms with Gasteiger partial charge in [-0.1, -0.05) is 132 Å². The molecule has 9 heteroatoms. The molecule has 1 saturated heterocycles. The maximum absolute atomic E-state index is 12.8. The Morgan fingerprint density at radius 2 is 1.23 bits per heavy atom. The number of unbranched alkanes of at least 4 members (excludes halogenated alkanes) is 8. The quantitative estimate of drug-likeness (QED) is 0.0484. The van der Waals surface area contributed by atoms with Crippen molar-refractivity contribution in [1.82, 2.24) is 5.32 Å². The van der Waals surface area contributed by atoms with E-state index < -0.39 is 49.5 Å². The molecule has 0 saturated carbocycles. The molecule has 1 aliphatic heterocycles. The molecule has 47 heavy (non-hydrogen) atoms. The van der Waals surface area contributed by atoms with Crippen molar-refractivity contribution < 1.29 is 39.8 Å². The van der Waals surface area contributed by atoms with Crippen LogP contribution in [-0.4, -0.2) is 87.5 Å². The van der Waals surface area contributed by atoms with Crippen molar-refractivity contribution in [3.63, 3.8) is 0 Å². The number of aliphatic hydroxyl groups is 5. The minimum atomic E-state index is -1.57. The molecule has 7 unspecified atom stereocenters. The zero-order chi connectivity index (χ0) is 34.5. The Morgan fingerprint density at radius 1 is 0.723 bits per heavy atom. The minimum absolute atomic E-state index is 0.134. The third-order valence-electron chi connectivity index (χ3n) is 8.16. The summed E-state index contributed by atoms with van der Waals surface area (Å²) in [5.41, 5.74) is 0. The summed E-state index contributed by atoms with van der Waals surface area (Å²) < 4.78 is 11.1. The fraction of sp³-hybridized carbons (Fsp3) is 0.711. The Balaban J connectivity index is 2.53.